The second-order valence-electron chi connectivity index (χ2n) is 5.79. The number of benzene rings is 1. The first-order chi connectivity index (χ1) is 10.2. The van der Waals surface area contributed by atoms with E-state index < -0.39 is 0 Å². The molecule has 0 saturated heterocycles. The normalized spacial score (nSPS) is 18.6. The molecule has 1 N–H and O–H groups in total. The first-order valence-electron chi connectivity index (χ1n) is 7.40. The summed E-state index contributed by atoms with van der Waals surface area (Å²) in [5.74, 6) is 2.91. The van der Waals surface area contributed by atoms with E-state index in [-0.39, 0.29) is 5.92 Å². The van der Waals surface area contributed by atoms with Gasteiger partial charge in [-0.1, -0.05) is 37.2 Å². The van der Waals surface area contributed by atoms with Crippen LogP contribution in [0.3, 0.4) is 0 Å². The zero-order valence-electron chi connectivity index (χ0n) is 12.7. The molecule has 5 nitrogen and oxygen atoms in total. The molecule has 2 aromatic rings. The van der Waals surface area contributed by atoms with E-state index in [0.29, 0.717) is 30.3 Å². The summed E-state index contributed by atoms with van der Waals surface area (Å²) in [5, 5.41) is 7.44. The van der Waals surface area contributed by atoms with Crippen LogP contribution in [0, 0.1) is 5.92 Å². The van der Waals surface area contributed by atoms with Gasteiger partial charge in [-0.3, -0.25) is 0 Å². The van der Waals surface area contributed by atoms with Crippen molar-refractivity contribution in [1.82, 2.24) is 15.5 Å². The first kappa shape index (κ1) is 14.1. The van der Waals surface area contributed by atoms with Gasteiger partial charge >= 0.3 is 0 Å². The summed E-state index contributed by atoms with van der Waals surface area (Å²) in [6, 6.07) is 8.37. The van der Waals surface area contributed by atoms with Gasteiger partial charge in [0.25, 0.3) is 0 Å². The van der Waals surface area contributed by atoms with Crippen molar-refractivity contribution < 1.29 is 9.26 Å². The van der Waals surface area contributed by atoms with Crippen LogP contribution in [0.5, 0.6) is 5.75 Å². The number of likely N-dealkylation sites (N-methyl/N-ethyl adjacent to an activating group) is 1. The van der Waals surface area contributed by atoms with E-state index in [9.17, 15) is 0 Å². The van der Waals surface area contributed by atoms with Gasteiger partial charge in [0.2, 0.25) is 5.89 Å². The smallest absolute Gasteiger partial charge is 0.228 e. The highest BCUT2D eigenvalue weighted by Crippen LogP contribution is 2.36. The second-order valence-corrected chi connectivity index (χ2v) is 5.79. The third kappa shape index (κ3) is 2.78. The van der Waals surface area contributed by atoms with E-state index in [4.69, 9.17) is 9.26 Å². The molecule has 1 aliphatic rings. The van der Waals surface area contributed by atoms with Crippen molar-refractivity contribution in [1.29, 1.82) is 0 Å². The number of hydrogen-bond acceptors (Lipinski definition) is 5. The average Bonchev–Trinajstić information content (AvgIpc) is 3.10. The Kier molecular flexibility index (Phi) is 3.92. The number of nitrogens with one attached hydrogen (secondary N) is 1. The number of fused-ring (bicyclic) bond motifs is 1. The standard InChI is InChI=1S/C16H21N3O2/c1-10(2)13(17-3)8-15-18-16(19-21-15)12-9-20-14-7-5-4-6-11(12)14/h4-7,10,12-13,17H,8-9H2,1-3H3. The van der Waals surface area contributed by atoms with Crippen molar-refractivity contribution in [2.45, 2.75) is 32.2 Å². The van der Waals surface area contributed by atoms with E-state index in [1.165, 1.54) is 0 Å². The molecule has 2 unspecified atom stereocenters. The minimum atomic E-state index is 0.0748. The first-order valence-corrected chi connectivity index (χ1v) is 7.40. The van der Waals surface area contributed by atoms with Crippen molar-refractivity contribution in [3.63, 3.8) is 0 Å². The van der Waals surface area contributed by atoms with Crippen LogP contribution < -0.4 is 10.1 Å². The highest BCUT2D eigenvalue weighted by molar-refractivity contribution is 5.42. The lowest BCUT2D eigenvalue weighted by atomic mass is 10.0. The van der Waals surface area contributed by atoms with Crippen LogP contribution in [0.1, 0.15) is 37.0 Å². The van der Waals surface area contributed by atoms with Gasteiger partial charge < -0.3 is 14.6 Å². The zero-order valence-corrected chi connectivity index (χ0v) is 12.7. The molecule has 0 spiro atoms. The Bertz CT molecular complexity index is 609. The van der Waals surface area contributed by atoms with Crippen molar-refractivity contribution in [2.75, 3.05) is 13.7 Å². The SMILES string of the molecule is CNC(Cc1nc(C2COc3ccccc32)no1)C(C)C. The van der Waals surface area contributed by atoms with Gasteiger partial charge in [0.15, 0.2) is 5.82 Å². The molecular weight excluding hydrogens is 266 g/mol. The van der Waals surface area contributed by atoms with Gasteiger partial charge in [-0.2, -0.15) is 4.98 Å². The molecule has 0 fully saturated rings. The van der Waals surface area contributed by atoms with Crippen LogP contribution in [0.4, 0.5) is 0 Å². The average molecular weight is 287 g/mol. The highest BCUT2D eigenvalue weighted by Gasteiger charge is 2.29. The number of para-hydroxylation sites is 1. The monoisotopic (exact) mass is 287 g/mol. The summed E-state index contributed by atoms with van der Waals surface area (Å²) in [5.41, 5.74) is 1.14. The highest BCUT2D eigenvalue weighted by atomic mass is 16.5. The lowest BCUT2D eigenvalue weighted by Gasteiger charge is -2.17. The quantitative estimate of drug-likeness (QED) is 0.915. The van der Waals surface area contributed by atoms with Crippen LogP contribution in [0.15, 0.2) is 28.8 Å². The Morgan fingerprint density at radius 1 is 1.33 bits per heavy atom. The summed E-state index contributed by atoms with van der Waals surface area (Å²) < 4.78 is 11.1. The Balaban J connectivity index is 1.77. The zero-order chi connectivity index (χ0) is 14.8. The summed E-state index contributed by atoms with van der Waals surface area (Å²) in [7, 11) is 1.96. The predicted octanol–water partition coefficient (Wildman–Crippen LogP) is 2.38. The van der Waals surface area contributed by atoms with E-state index >= 15 is 0 Å². The molecule has 0 radical (unpaired) electrons. The Labute approximate surface area is 124 Å². The predicted molar refractivity (Wildman–Crippen MR) is 79.5 cm³/mol. The minimum Gasteiger partial charge on any atom is -0.492 e. The van der Waals surface area contributed by atoms with Gasteiger partial charge in [0.05, 0.1) is 5.92 Å². The molecule has 2 heterocycles. The van der Waals surface area contributed by atoms with Crippen molar-refractivity contribution in [3.05, 3.63) is 41.5 Å². The summed E-state index contributed by atoms with van der Waals surface area (Å²) in [4.78, 5) is 4.56. The van der Waals surface area contributed by atoms with Crippen LogP contribution in [0.2, 0.25) is 0 Å². The lowest BCUT2D eigenvalue weighted by Crippen LogP contribution is -2.32. The molecule has 1 aromatic heterocycles. The second kappa shape index (κ2) is 5.85. The van der Waals surface area contributed by atoms with Gasteiger partial charge in [0, 0.05) is 18.0 Å². The van der Waals surface area contributed by atoms with Crippen LogP contribution in [-0.2, 0) is 6.42 Å². The Hall–Kier alpha value is -1.88. The number of ether oxygens (including phenoxy) is 1. The van der Waals surface area contributed by atoms with Crippen LogP contribution in [0.25, 0.3) is 0 Å². The summed E-state index contributed by atoms with van der Waals surface area (Å²) in [6.45, 7) is 4.94. The minimum absolute atomic E-state index is 0.0748. The number of aromatic nitrogens is 2. The van der Waals surface area contributed by atoms with Crippen LogP contribution in [-0.4, -0.2) is 29.8 Å². The van der Waals surface area contributed by atoms with Gasteiger partial charge in [-0.15, -0.1) is 0 Å². The number of nitrogens with zero attached hydrogens (tertiary/aromatic N) is 2. The molecule has 2 atom stereocenters. The summed E-state index contributed by atoms with van der Waals surface area (Å²) in [6.07, 6.45) is 0.746. The Morgan fingerprint density at radius 3 is 2.90 bits per heavy atom. The molecule has 112 valence electrons. The number of hydrogen-bond donors (Lipinski definition) is 1. The molecule has 1 aliphatic heterocycles. The molecule has 0 saturated carbocycles. The fraction of sp³-hybridized carbons (Fsp3) is 0.500. The maximum Gasteiger partial charge on any atom is 0.228 e. The van der Waals surface area contributed by atoms with E-state index in [1.54, 1.807) is 0 Å². The topological polar surface area (TPSA) is 60.2 Å². The van der Waals surface area contributed by atoms with Crippen molar-refractivity contribution >= 4 is 0 Å². The molecule has 0 amide bonds. The van der Waals surface area contributed by atoms with Gasteiger partial charge in [-0.25, -0.2) is 0 Å². The maximum absolute atomic E-state index is 5.68. The van der Waals surface area contributed by atoms with Crippen molar-refractivity contribution in [2.24, 2.45) is 5.92 Å². The largest absolute Gasteiger partial charge is 0.492 e. The van der Waals surface area contributed by atoms with Crippen LogP contribution >= 0.6 is 0 Å². The molecule has 0 aliphatic carbocycles. The molecule has 1 aromatic carbocycles. The molecule has 3 rings (SSSR count). The molecule has 0 bridgehead atoms. The molecule has 5 heteroatoms. The van der Waals surface area contributed by atoms with E-state index in [2.05, 4.69) is 35.4 Å². The maximum atomic E-state index is 5.68. The van der Waals surface area contributed by atoms with Gasteiger partial charge in [-0.05, 0) is 19.0 Å². The lowest BCUT2D eigenvalue weighted by molar-refractivity contribution is 0.322. The third-order valence-electron chi connectivity index (χ3n) is 4.07. The van der Waals surface area contributed by atoms with Crippen molar-refractivity contribution in [3.8, 4) is 5.75 Å². The van der Waals surface area contributed by atoms with E-state index in [0.717, 1.165) is 17.7 Å². The molecular formula is C16H21N3O2. The third-order valence-corrected chi connectivity index (χ3v) is 4.07. The number of rotatable bonds is 5. The fourth-order valence-corrected chi connectivity index (χ4v) is 2.73. The fourth-order valence-electron chi connectivity index (χ4n) is 2.73. The molecule has 21 heavy (non-hydrogen) atoms. The Morgan fingerprint density at radius 2 is 2.14 bits per heavy atom. The summed E-state index contributed by atoms with van der Waals surface area (Å²) >= 11 is 0. The van der Waals surface area contributed by atoms with Gasteiger partial charge in [0.1, 0.15) is 12.4 Å². The van der Waals surface area contributed by atoms with E-state index in [1.807, 2.05) is 25.2 Å².